The normalized spacial score (nSPS) is 19.2. The fraction of sp³-hybridized carbons (Fsp3) is 0.143. The van der Waals surface area contributed by atoms with Crippen LogP contribution in [0.2, 0.25) is 0 Å². The molecule has 130 valence electrons. The van der Waals surface area contributed by atoms with Gasteiger partial charge in [-0.25, -0.2) is 0 Å². The van der Waals surface area contributed by atoms with E-state index in [0.717, 1.165) is 33.4 Å². The van der Waals surface area contributed by atoms with Gasteiger partial charge >= 0.3 is 0 Å². The molecule has 1 spiro atoms. The van der Waals surface area contributed by atoms with E-state index in [4.69, 9.17) is 18.9 Å². The fourth-order valence-corrected chi connectivity index (χ4v) is 3.66. The lowest BCUT2D eigenvalue weighted by Gasteiger charge is -2.31. The summed E-state index contributed by atoms with van der Waals surface area (Å²) in [6, 6.07) is 13.0. The summed E-state index contributed by atoms with van der Waals surface area (Å²) in [6.07, 6.45) is 3.75. The maximum Gasteiger partial charge on any atom is 0.299 e. The van der Waals surface area contributed by atoms with E-state index in [1.54, 1.807) is 19.2 Å². The van der Waals surface area contributed by atoms with Crippen LogP contribution in [0.25, 0.3) is 16.8 Å². The van der Waals surface area contributed by atoms with Gasteiger partial charge in [0.1, 0.15) is 17.2 Å². The molecule has 0 bridgehead atoms. The molecule has 0 saturated carbocycles. The number of hydrogen-bond acceptors (Lipinski definition) is 5. The lowest BCUT2D eigenvalue weighted by Crippen LogP contribution is -2.36. The number of methoxy groups -OCH3 is 2. The zero-order valence-corrected chi connectivity index (χ0v) is 14.3. The number of phenolic OH excluding ortho intramolecular Hbond substituents is 1. The van der Waals surface area contributed by atoms with E-state index >= 15 is 0 Å². The van der Waals surface area contributed by atoms with Crippen LogP contribution in [0.1, 0.15) is 11.1 Å². The highest BCUT2D eigenvalue weighted by atomic mass is 16.7. The Bertz CT molecular complexity index is 1090. The monoisotopic (exact) mass is 348 g/mol. The van der Waals surface area contributed by atoms with Gasteiger partial charge in [0.05, 0.1) is 19.8 Å². The van der Waals surface area contributed by atoms with Gasteiger partial charge in [0.15, 0.2) is 11.5 Å². The van der Waals surface area contributed by atoms with Crippen molar-refractivity contribution in [2.24, 2.45) is 0 Å². The minimum absolute atomic E-state index is 0.0675. The van der Waals surface area contributed by atoms with Crippen LogP contribution in [-0.4, -0.2) is 19.3 Å². The first-order chi connectivity index (χ1) is 12.6. The molecule has 0 radical (unpaired) electrons. The smallest absolute Gasteiger partial charge is 0.299 e. The second-order valence-corrected chi connectivity index (χ2v) is 6.26. The summed E-state index contributed by atoms with van der Waals surface area (Å²) in [6.45, 7) is 0. The molecule has 2 aliphatic heterocycles. The third-order valence-corrected chi connectivity index (χ3v) is 4.87. The Morgan fingerprint density at radius 2 is 1.73 bits per heavy atom. The summed E-state index contributed by atoms with van der Waals surface area (Å²) in [7, 11) is 3.16. The van der Waals surface area contributed by atoms with Crippen LogP contribution < -0.4 is 18.9 Å². The molecule has 0 fully saturated rings. The number of phenols is 1. The molecule has 1 atom stereocenters. The number of ether oxygens (including phenoxy) is 4. The van der Waals surface area contributed by atoms with Crippen molar-refractivity contribution in [2.75, 3.05) is 14.2 Å². The number of aromatic hydroxyl groups is 1. The van der Waals surface area contributed by atoms with Crippen LogP contribution in [-0.2, 0) is 5.79 Å². The first-order valence-electron chi connectivity index (χ1n) is 8.23. The van der Waals surface area contributed by atoms with Crippen LogP contribution in [0.5, 0.6) is 28.7 Å². The van der Waals surface area contributed by atoms with Gasteiger partial charge in [0, 0.05) is 28.5 Å². The Hall–Kier alpha value is -3.34. The van der Waals surface area contributed by atoms with Crippen molar-refractivity contribution in [3.63, 3.8) is 0 Å². The molecule has 5 heteroatoms. The molecule has 3 aromatic carbocycles. The van der Waals surface area contributed by atoms with Gasteiger partial charge in [-0.15, -0.1) is 0 Å². The van der Waals surface area contributed by atoms with Crippen LogP contribution in [0.15, 0.2) is 48.5 Å². The fourth-order valence-electron chi connectivity index (χ4n) is 3.66. The maximum atomic E-state index is 9.99. The van der Waals surface area contributed by atoms with E-state index in [0.29, 0.717) is 11.5 Å². The highest BCUT2D eigenvalue weighted by Crippen LogP contribution is 2.51. The second-order valence-electron chi connectivity index (χ2n) is 6.26. The Balaban J connectivity index is 1.70. The molecule has 1 N–H and O–H groups in total. The SMILES string of the molecule is COc1cc2c(cc1O)C=C[C@]1(O2)Oc2cccc3c(OC)ccc1c23. The standard InChI is InChI=1S/C21H16O5/c1-23-16-7-6-14-20-13(16)4-3-5-17(20)25-21(14)9-8-12-10-15(22)19(24-2)11-18(12)26-21/h3-11,22H,1-2H3/t21-/m1/s1. The number of fused-ring (bicyclic) bond motifs is 2. The molecule has 0 amide bonds. The van der Waals surface area contributed by atoms with E-state index in [1.807, 2.05) is 42.5 Å². The van der Waals surface area contributed by atoms with E-state index in [1.165, 1.54) is 7.11 Å². The lowest BCUT2D eigenvalue weighted by molar-refractivity contribution is -0.0686. The number of hydrogen-bond donors (Lipinski definition) is 1. The Labute approximate surface area is 150 Å². The van der Waals surface area contributed by atoms with Gasteiger partial charge in [-0.05, 0) is 30.3 Å². The highest BCUT2D eigenvalue weighted by molar-refractivity contribution is 5.98. The average molecular weight is 348 g/mol. The van der Waals surface area contributed by atoms with Gasteiger partial charge in [-0.3, -0.25) is 0 Å². The molecule has 2 heterocycles. The van der Waals surface area contributed by atoms with Crippen LogP contribution >= 0.6 is 0 Å². The van der Waals surface area contributed by atoms with Gasteiger partial charge in [0.2, 0.25) is 0 Å². The van der Waals surface area contributed by atoms with Crippen molar-refractivity contribution >= 4 is 16.8 Å². The van der Waals surface area contributed by atoms with E-state index in [9.17, 15) is 5.11 Å². The summed E-state index contributed by atoms with van der Waals surface area (Å²) in [5.74, 6) is 1.48. The van der Waals surface area contributed by atoms with Crippen molar-refractivity contribution in [1.29, 1.82) is 0 Å². The molecule has 0 aromatic heterocycles. The summed E-state index contributed by atoms with van der Waals surface area (Å²) in [4.78, 5) is 0. The molecular formula is C21H16O5. The molecular weight excluding hydrogens is 332 g/mol. The zero-order chi connectivity index (χ0) is 17.9. The van der Waals surface area contributed by atoms with Crippen molar-refractivity contribution in [3.05, 3.63) is 59.7 Å². The lowest BCUT2D eigenvalue weighted by atomic mass is 9.96. The van der Waals surface area contributed by atoms with Crippen molar-refractivity contribution in [1.82, 2.24) is 0 Å². The van der Waals surface area contributed by atoms with Crippen LogP contribution in [0.3, 0.4) is 0 Å². The topological polar surface area (TPSA) is 57.2 Å². The van der Waals surface area contributed by atoms with Gasteiger partial charge in [-0.1, -0.05) is 12.1 Å². The Morgan fingerprint density at radius 1 is 0.923 bits per heavy atom. The first kappa shape index (κ1) is 15.0. The number of rotatable bonds is 2. The zero-order valence-electron chi connectivity index (χ0n) is 14.3. The molecule has 0 aliphatic carbocycles. The van der Waals surface area contributed by atoms with Crippen LogP contribution in [0, 0.1) is 0 Å². The number of benzene rings is 3. The van der Waals surface area contributed by atoms with Crippen LogP contribution in [0.4, 0.5) is 0 Å². The predicted molar refractivity (Wildman–Crippen MR) is 97.1 cm³/mol. The summed E-state index contributed by atoms with van der Waals surface area (Å²) in [5, 5.41) is 11.9. The predicted octanol–water partition coefficient (Wildman–Crippen LogP) is 4.21. The van der Waals surface area contributed by atoms with Crippen molar-refractivity contribution in [2.45, 2.75) is 5.79 Å². The molecule has 0 unspecified atom stereocenters. The van der Waals surface area contributed by atoms with Crippen molar-refractivity contribution in [3.8, 4) is 28.7 Å². The molecule has 2 aliphatic rings. The molecule has 5 nitrogen and oxygen atoms in total. The Kier molecular flexibility index (Phi) is 2.92. The summed E-state index contributed by atoms with van der Waals surface area (Å²) in [5.41, 5.74) is 1.68. The maximum absolute atomic E-state index is 9.99. The minimum Gasteiger partial charge on any atom is -0.504 e. The van der Waals surface area contributed by atoms with Gasteiger partial charge in [-0.2, -0.15) is 0 Å². The van der Waals surface area contributed by atoms with E-state index in [-0.39, 0.29) is 5.75 Å². The first-order valence-corrected chi connectivity index (χ1v) is 8.23. The van der Waals surface area contributed by atoms with E-state index in [2.05, 4.69) is 0 Å². The molecule has 3 aromatic rings. The van der Waals surface area contributed by atoms with Gasteiger partial charge in [0.25, 0.3) is 5.79 Å². The second kappa shape index (κ2) is 5.08. The molecule has 5 rings (SSSR count). The van der Waals surface area contributed by atoms with Gasteiger partial charge < -0.3 is 24.1 Å². The Morgan fingerprint density at radius 3 is 2.54 bits per heavy atom. The minimum atomic E-state index is -1.05. The molecule has 0 saturated heterocycles. The summed E-state index contributed by atoms with van der Waals surface area (Å²) >= 11 is 0. The highest BCUT2D eigenvalue weighted by Gasteiger charge is 2.44. The molecule has 26 heavy (non-hydrogen) atoms. The third-order valence-electron chi connectivity index (χ3n) is 4.87. The van der Waals surface area contributed by atoms with E-state index < -0.39 is 5.79 Å². The van der Waals surface area contributed by atoms with Crippen molar-refractivity contribution < 1.29 is 24.1 Å². The average Bonchev–Trinajstić information content (AvgIpc) is 2.96. The summed E-state index contributed by atoms with van der Waals surface area (Å²) < 4.78 is 23.2. The largest absolute Gasteiger partial charge is 0.504 e. The quantitative estimate of drug-likeness (QED) is 0.752. The third kappa shape index (κ3) is 1.85.